The standard InChI is InChI=1S/C19H21NO2/c1-4-22-18-7-5-16(6-8-18)19(21)9-10-20-17-12-14(2)11-15(3)13-17/h5-13,20H,4H2,1-3H3/b10-9+. The minimum absolute atomic E-state index is 0.0417. The molecule has 0 radical (unpaired) electrons. The summed E-state index contributed by atoms with van der Waals surface area (Å²) in [5.41, 5.74) is 4.00. The molecule has 0 saturated carbocycles. The molecule has 0 aliphatic heterocycles. The monoisotopic (exact) mass is 295 g/mol. The number of rotatable bonds is 6. The highest BCUT2D eigenvalue weighted by Crippen LogP contribution is 2.15. The Hall–Kier alpha value is -2.55. The van der Waals surface area contributed by atoms with Crippen LogP contribution in [0, 0.1) is 13.8 Å². The third-order valence-electron chi connectivity index (χ3n) is 3.16. The fourth-order valence-corrected chi connectivity index (χ4v) is 2.25. The number of allylic oxidation sites excluding steroid dienone is 1. The van der Waals surface area contributed by atoms with Gasteiger partial charge < -0.3 is 10.1 Å². The maximum absolute atomic E-state index is 12.1. The Kier molecular flexibility index (Phi) is 5.37. The number of hydrogen-bond acceptors (Lipinski definition) is 3. The first kappa shape index (κ1) is 15.8. The molecule has 0 spiro atoms. The van der Waals surface area contributed by atoms with Crippen molar-refractivity contribution in [1.82, 2.24) is 0 Å². The summed E-state index contributed by atoms with van der Waals surface area (Å²) in [4.78, 5) is 12.1. The van der Waals surface area contributed by atoms with Crippen molar-refractivity contribution in [3.63, 3.8) is 0 Å². The summed E-state index contributed by atoms with van der Waals surface area (Å²) in [7, 11) is 0. The highest BCUT2D eigenvalue weighted by Gasteiger charge is 2.02. The molecule has 3 heteroatoms. The molecule has 0 unspecified atom stereocenters. The van der Waals surface area contributed by atoms with Gasteiger partial charge in [-0.3, -0.25) is 4.79 Å². The maximum Gasteiger partial charge on any atom is 0.187 e. The molecule has 0 saturated heterocycles. The third kappa shape index (κ3) is 4.48. The van der Waals surface area contributed by atoms with E-state index in [0.717, 1.165) is 11.4 Å². The van der Waals surface area contributed by atoms with Gasteiger partial charge in [0.2, 0.25) is 0 Å². The second kappa shape index (κ2) is 7.46. The Morgan fingerprint density at radius 1 is 1.09 bits per heavy atom. The predicted molar refractivity (Wildman–Crippen MR) is 90.6 cm³/mol. The van der Waals surface area contributed by atoms with Crippen LogP contribution in [0.2, 0.25) is 0 Å². The van der Waals surface area contributed by atoms with Crippen molar-refractivity contribution in [2.24, 2.45) is 0 Å². The molecule has 0 aliphatic rings. The Bertz CT molecular complexity index is 652. The van der Waals surface area contributed by atoms with Crippen LogP contribution in [0.3, 0.4) is 0 Å². The van der Waals surface area contributed by atoms with Crippen LogP contribution < -0.4 is 10.1 Å². The summed E-state index contributed by atoms with van der Waals surface area (Å²) in [5, 5.41) is 3.13. The van der Waals surface area contributed by atoms with E-state index < -0.39 is 0 Å². The summed E-state index contributed by atoms with van der Waals surface area (Å²) >= 11 is 0. The van der Waals surface area contributed by atoms with Crippen molar-refractivity contribution in [3.8, 4) is 5.75 Å². The van der Waals surface area contributed by atoms with Crippen LogP contribution in [0.15, 0.2) is 54.7 Å². The van der Waals surface area contributed by atoms with Crippen LogP contribution >= 0.6 is 0 Å². The lowest BCUT2D eigenvalue weighted by molar-refractivity contribution is 0.104. The predicted octanol–water partition coefficient (Wildman–Crippen LogP) is 4.51. The minimum atomic E-state index is -0.0417. The van der Waals surface area contributed by atoms with Gasteiger partial charge in [0.05, 0.1) is 6.61 Å². The van der Waals surface area contributed by atoms with E-state index in [2.05, 4.69) is 11.4 Å². The van der Waals surface area contributed by atoms with Crippen molar-refractivity contribution in [2.75, 3.05) is 11.9 Å². The topological polar surface area (TPSA) is 38.3 Å². The second-order valence-electron chi connectivity index (χ2n) is 5.18. The molecule has 0 bridgehead atoms. The summed E-state index contributed by atoms with van der Waals surface area (Å²) in [6.45, 7) is 6.65. The van der Waals surface area contributed by atoms with Crippen molar-refractivity contribution in [3.05, 3.63) is 71.4 Å². The van der Waals surface area contributed by atoms with Gasteiger partial charge in [0.1, 0.15) is 5.75 Å². The fourth-order valence-electron chi connectivity index (χ4n) is 2.25. The lowest BCUT2D eigenvalue weighted by atomic mass is 10.1. The number of ketones is 1. The van der Waals surface area contributed by atoms with Gasteiger partial charge in [-0.25, -0.2) is 0 Å². The van der Waals surface area contributed by atoms with E-state index in [1.807, 2.05) is 45.0 Å². The summed E-state index contributed by atoms with van der Waals surface area (Å²) in [6.07, 6.45) is 3.21. The Morgan fingerprint density at radius 2 is 1.73 bits per heavy atom. The number of carbonyl (C=O) groups is 1. The maximum atomic E-state index is 12.1. The van der Waals surface area contributed by atoms with Gasteiger partial charge in [-0.15, -0.1) is 0 Å². The van der Waals surface area contributed by atoms with Gasteiger partial charge in [-0.1, -0.05) is 6.07 Å². The lowest BCUT2D eigenvalue weighted by Gasteiger charge is -2.04. The van der Waals surface area contributed by atoms with Crippen LogP contribution in [-0.4, -0.2) is 12.4 Å². The van der Waals surface area contributed by atoms with Crippen LogP contribution in [0.5, 0.6) is 5.75 Å². The van der Waals surface area contributed by atoms with E-state index in [0.29, 0.717) is 12.2 Å². The summed E-state index contributed by atoms with van der Waals surface area (Å²) < 4.78 is 5.36. The average Bonchev–Trinajstić information content (AvgIpc) is 2.47. The van der Waals surface area contributed by atoms with E-state index in [1.54, 1.807) is 18.3 Å². The largest absolute Gasteiger partial charge is 0.494 e. The van der Waals surface area contributed by atoms with Crippen molar-refractivity contribution < 1.29 is 9.53 Å². The van der Waals surface area contributed by atoms with Gasteiger partial charge in [0.25, 0.3) is 0 Å². The molecule has 0 aromatic heterocycles. The molecule has 1 N–H and O–H groups in total. The van der Waals surface area contributed by atoms with E-state index in [4.69, 9.17) is 4.74 Å². The number of aryl methyl sites for hydroxylation is 2. The van der Waals surface area contributed by atoms with Crippen molar-refractivity contribution >= 4 is 11.5 Å². The molecule has 2 aromatic carbocycles. The number of anilines is 1. The van der Waals surface area contributed by atoms with Crippen molar-refractivity contribution in [1.29, 1.82) is 0 Å². The average molecular weight is 295 g/mol. The van der Waals surface area contributed by atoms with Crippen LogP contribution in [0.25, 0.3) is 0 Å². The first-order valence-corrected chi connectivity index (χ1v) is 7.37. The lowest BCUT2D eigenvalue weighted by Crippen LogP contribution is -1.97. The van der Waals surface area contributed by atoms with Gasteiger partial charge in [0, 0.05) is 23.5 Å². The van der Waals surface area contributed by atoms with E-state index in [9.17, 15) is 4.79 Å². The number of benzene rings is 2. The van der Waals surface area contributed by atoms with Gasteiger partial charge in [0.15, 0.2) is 5.78 Å². The summed E-state index contributed by atoms with van der Waals surface area (Å²) in [6, 6.07) is 13.4. The zero-order valence-corrected chi connectivity index (χ0v) is 13.2. The van der Waals surface area contributed by atoms with E-state index >= 15 is 0 Å². The molecular weight excluding hydrogens is 274 g/mol. The zero-order chi connectivity index (χ0) is 15.9. The molecule has 0 aliphatic carbocycles. The third-order valence-corrected chi connectivity index (χ3v) is 3.16. The SMILES string of the molecule is CCOc1ccc(C(=O)/C=C/Nc2cc(C)cc(C)c2)cc1. The zero-order valence-electron chi connectivity index (χ0n) is 13.2. The van der Waals surface area contributed by atoms with E-state index in [-0.39, 0.29) is 5.78 Å². The van der Waals surface area contributed by atoms with Crippen LogP contribution in [0.1, 0.15) is 28.4 Å². The molecule has 22 heavy (non-hydrogen) atoms. The number of ether oxygens (including phenoxy) is 1. The molecule has 3 nitrogen and oxygen atoms in total. The van der Waals surface area contributed by atoms with Gasteiger partial charge in [-0.2, -0.15) is 0 Å². The number of carbonyl (C=O) groups excluding carboxylic acids is 1. The number of hydrogen-bond donors (Lipinski definition) is 1. The molecule has 0 amide bonds. The molecule has 0 fully saturated rings. The smallest absolute Gasteiger partial charge is 0.187 e. The van der Waals surface area contributed by atoms with E-state index in [1.165, 1.54) is 17.2 Å². The highest BCUT2D eigenvalue weighted by atomic mass is 16.5. The normalized spacial score (nSPS) is 10.7. The molecule has 0 heterocycles. The first-order chi connectivity index (χ1) is 10.6. The second-order valence-corrected chi connectivity index (χ2v) is 5.18. The minimum Gasteiger partial charge on any atom is -0.494 e. The quantitative estimate of drug-likeness (QED) is 0.629. The first-order valence-electron chi connectivity index (χ1n) is 7.37. The van der Waals surface area contributed by atoms with Crippen LogP contribution in [-0.2, 0) is 0 Å². The number of nitrogens with one attached hydrogen (secondary N) is 1. The van der Waals surface area contributed by atoms with Gasteiger partial charge in [-0.05, 0) is 68.3 Å². The molecule has 114 valence electrons. The Balaban J connectivity index is 1.98. The Morgan fingerprint density at radius 3 is 2.32 bits per heavy atom. The van der Waals surface area contributed by atoms with Crippen molar-refractivity contribution in [2.45, 2.75) is 20.8 Å². The van der Waals surface area contributed by atoms with Gasteiger partial charge >= 0.3 is 0 Å². The highest BCUT2D eigenvalue weighted by molar-refractivity contribution is 6.04. The molecule has 2 aromatic rings. The molecule has 0 atom stereocenters. The Labute approximate surface area is 131 Å². The summed E-state index contributed by atoms with van der Waals surface area (Å²) in [5.74, 6) is 0.733. The molecule has 2 rings (SSSR count). The fraction of sp³-hybridized carbons (Fsp3) is 0.211. The van der Waals surface area contributed by atoms with Crippen LogP contribution in [0.4, 0.5) is 5.69 Å². The molecular formula is C19H21NO2.